The normalized spacial score (nSPS) is 10.8. The maximum atomic E-state index is 12.6. The number of rotatable bonds is 25. The van der Waals surface area contributed by atoms with Crippen molar-refractivity contribution in [2.75, 3.05) is 81.9 Å². The minimum Gasteiger partial charge on any atom is -0.508 e. The molecule has 0 spiro atoms. The van der Waals surface area contributed by atoms with Gasteiger partial charge in [-0.15, -0.1) is 0 Å². The standard InChI is InChI=1S/C37H45N7O8/c1-27(45)26-52-25-24-50-20-17-38-34(48)29-9-11-30(12-10-29)40-36-42-35(43-37(44-36)41-31-13-15-32(46)16-14-31)39-18-21-51-23-22-49-19-5-8-33(47)28-6-3-2-4-7-28/h2-4,6-7,9-16,46H,5,8,17-26H2,1H3,(H,38,48)(H3,39,40,41,42,43,44). The summed E-state index contributed by atoms with van der Waals surface area (Å²) in [6.07, 6.45) is 1.08. The van der Waals surface area contributed by atoms with Gasteiger partial charge in [0.2, 0.25) is 17.8 Å². The van der Waals surface area contributed by atoms with Gasteiger partial charge < -0.3 is 45.3 Å². The number of amides is 1. The van der Waals surface area contributed by atoms with Crippen molar-refractivity contribution < 1.29 is 38.4 Å². The van der Waals surface area contributed by atoms with E-state index < -0.39 is 0 Å². The highest BCUT2D eigenvalue weighted by atomic mass is 16.5. The third-order valence-electron chi connectivity index (χ3n) is 7.06. The van der Waals surface area contributed by atoms with Crippen molar-refractivity contribution >= 4 is 46.7 Å². The summed E-state index contributed by atoms with van der Waals surface area (Å²) in [5, 5.41) is 21.8. The van der Waals surface area contributed by atoms with Gasteiger partial charge in [0.15, 0.2) is 11.6 Å². The van der Waals surface area contributed by atoms with Crippen LogP contribution in [0.5, 0.6) is 5.75 Å². The minimum absolute atomic E-state index is 0.0467. The predicted octanol–water partition coefficient (Wildman–Crippen LogP) is 4.52. The van der Waals surface area contributed by atoms with E-state index in [0.717, 1.165) is 0 Å². The molecule has 1 aromatic heterocycles. The summed E-state index contributed by atoms with van der Waals surface area (Å²) in [6, 6.07) is 22.5. The average molecular weight is 716 g/mol. The second-order valence-corrected chi connectivity index (χ2v) is 11.3. The molecule has 0 radical (unpaired) electrons. The molecule has 4 rings (SSSR count). The maximum absolute atomic E-state index is 12.6. The first-order chi connectivity index (χ1) is 25.4. The number of aromatic hydroxyl groups is 1. The van der Waals surface area contributed by atoms with Crippen LogP contribution in [0.1, 0.15) is 40.5 Å². The molecule has 0 aliphatic rings. The molecule has 4 aromatic rings. The van der Waals surface area contributed by atoms with E-state index in [9.17, 15) is 19.5 Å². The van der Waals surface area contributed by atoms with Crippen molar-refractivity contribution in [3.05, 3.63) is 90.0 Å². The van der Waals surface area contributed by atoms with Crippen LogP contribution >= 0.6 is 0 Å². The summed E-state index contributed by atoms with van der Waals surface area (Å²) in [5.41, 5.74) is 2.48. The molecular weight excluding hydrogens is 670 g/mol. The lowest BCUT2D eigenvalue weighted by Gasteiger charge is -2.12. The molecule has 0 bridgehead atoms. The Bertz CT molecular complexity index is 1680. The van der Waals surface area contributed by atoms with Gasteiger partial charge in [0.05, 0.1) is 39.6 Å². The van der Waals surface area contributed by atoms with Crippen molar-refractivity contribution in [2.24, 2.45) is 0 Å². The Morgan fingerprint density at radius 1 is 0.615 bits per heavy atom. The van der Waals surface area contributed by atoms with Gasteiger partial charge in [-0.3, -0.25) is 14.4 Å². The van der Waals surface area contributed by atoms with Gasteiger partial charge in [-0.1, -0.05) is 30.3 Å². The molecule has 5 N–H and O–H groups in total. The number of aromatic nitrogens is 3. The summed E-state index contributed by atoms with van der Waals surface area (Å²) >= 11 is 0. The molecule has 52 heavy (non-hydrogen) atoms. The smallest absolute Gasteiger partial charge is 0.251 e. The topological polar surface area (TPSA) is 195 Å². The van der Waals surface area contributed by atoms with E-state index in [1.807, 2.05) is 30.3 Å². The third kappa shape index (κ3) is 15.2. The Morgan fingerprint density at radius 3 is 1.81 bits per heavy atom. The van der Waals surface area contributed by atoms with E-state index in [4.69, 9.17) is 18.9 Å². The van der Waals surface area contributed by atoms with Crippen LogP contribution in [0, 0.1) is 0 Å². The summed E-state index contributed by atoms with van der Waals surface area (Å²) in [6.45, 7) is 4.85. The Morgan fingerprint density at radius 2 is 1.17 bits per heavy atom. The molecule has 15 nitrogen and oxygen atoms in total. The van der Waals surface area contributed by atoms with Crippen LogP contribution in [0.3, 0.4) is 0 Å². The number of Topliss-reactive ketones (excluding diaryl/α,β-unsaturated/α-hetero) is 2. The second-order valence-electron chi connectivity index (χ2n) is 11.3. The van der Waals surface area contributed by atoms with Gasteiger partial charge in [0.25, 0.3) is 5.91 Å². The monoisotopic (exact) mass is 715 g/mol. The highest BCUT2D eigenvalue weighted by Gasteiger charge is 2.10. The number of nitrogens with one attached hydrogen (secondary N) is 4. The first kappa shape index (κ1) is 39.3. The summed E-state index contributed by atoms with van der Waals surface area (Å²) in [5.74, 6) is 0.745. The molecule has 276 valence electrons. The van der Waals surface area contributed by atoms with E-state index in [2.05, 4.69) is 36.2 Å². The molecule has 0 aliphatic carbocycles. The number of ether oxygens (including phenoxy) is 4. The van der Waals surface area contributed by atoms with Gasteiger partial charge in [0, 0.05) is 48.6 Å². The zero-order chi connectivity index (χ0) is 36.8. The summed E-state index contributed by atoms with van der Waals surface area (Å²) in [4.78, 5) is 49.0. The third-order valence-corrected chi connectivity index (χ3v) is 7.06. The first-order valence-electron chi connectivity index (χ1n) is 17.0. The molecule has 1 amide bonds. The molecular formula is C37H45N7O8. The van der Waals surface area contributed by atoms with Gasteiger partial charge in [0.1, 0.15) is 12.4 Å². The fraction of sp³-hybridized carbons (Fsp3) is 0.351. The Kier molecular flexibility index (Phi) is 16.9. The van der Waals surface area contributed by atoms with Crippen LogP contribution in [-0.2, 0) is 23.7 Å². The number of phenolic OH excluding ortho intramolecular Hbond substituents is 1. The number of hydrogen-bond donors (Lipinski definition) is 5. The van der Waals surface area contributed by atoms with Crippen LogP contribution in [0.15, 0.2) is 78.9 Å². The minimum atomic E-state index is -0.251. The Balaban J connectivity index is 1.21. The quantitative estimate of drug-likeness (QED) is 0.0365. The molecule has 0 saturated heterocycles. The number of carbonyl (C=O) groups is 3. The molecule has 3 aromatic carbocycles. The lowest BCUT2D eigenvalue weighted by atomic mass is 10.1. The van der Waals surface area contributed by atoms with Gasteiger partial charge in [-0.25, -0.2) is 0 Å². The number of anilines is 5. The predicted molar refractivity (Wildman–Crippen MR) is 196 cm³/mol. The fourth-order valence-electron chi connectivity index (χ4n) is 4.51. The van der Waals surface area contributed by atoms with Crippen LogP contribution in [-0.4, -0.2) is 103 Å². The van der Waals surface area contributed by atoms with E-state index in [1.54, 1.807) is 48.5 Å². The maximum Gasteiger partial charge on any atom is 0.251 e. The van der Waals surface area contributed by atoms with E-state index in [0.29, 0.717) is 101 Å². The second kappa shape index (κ2) is 22.4. The Hall–Kier alpha value is -5.48. The lowest BCUT2D eigenvalue weighted by Crippen LogP contribution is -2.27. The number of benzene rings is 3. The molecule has 0 fully saturated rings. The lowest BCUT2D eigenvalue weighted by molar-refractivity contribution is -0.121. The van der Waals surface area contributed by atoms with Crippen LogP contribution < -0.4 is 21.3 Å². The van der Waals surface area contributed by atoms with E-state index in [1.165, 1.54) is 6.92 Å². The van der Waals surface area contributed by atoms with Crippen LogP contribution in [0.4, 0.5) is 29.2 Å². The molecule has 1 heterocycles. The zero-order valence-corrected chi connectivity index (χ0v) is 29.1. The highest BCUT2D eigenvalue weighted by Crippen LogP contribution is 2.21. The SMILES string of the molecule is CC(=O)COCCOCCNC(=O)c1ccc(Nc2nc(NCCOCCOCCCC(=O)c3ccccc3)nc(Nc3ccc(O)cc3)n2)cc1. The number of hydrogen-bond acceptors (Lipinski definition) is 14. The molecule has 0 aliphatic heterocycles. The average Bonchev–Trinajstić information content (AvgIpc) is 3.14. The molecule has 0 atom stereocenters. The number of ketones is 2. The van der Waals surface area contributed by atoms with Crippen molar-refractivity contribution in [2.45, 2.75) is 19.8 Å². The summed E-state index contributed by atoms with van der Waals surface area (Å²) < 4.78 is 21.8. The van der Waals surface area contributed by atoms with Gasteiger partial charge >= 0.3 is 0 Å². The summed E-state index contributed by atoms with van der Waals surface area (Å²) in [7, 11) is 0. The fourth-order valence-corrected chi connectivity index (χ4v) is 4.51. The number of carbonyl (C=O) groups excluding carboxylic acids is 3. The van der Waals surface area contributed by atoms with E-state index >= 15 is 0 Å². The largest absolute Gasteiger partial charge is 0.508 e. The number of phenols is 1. The van der Waals surface area contributed by atoms with Crippen molar-refractivity contribution in [1.82, 2.24) is 20.3 Å². The zero-order valence-electron chi connectivity index (χ0n) is 29.1. The Labute approximate surface area is 302 Å². The van der Waals surface area contributed by atoms with Crippen LogP contribution in [0.2, 0.25) is 0 Å². The van der Waals surface area contributed by atoms with Gasteiger partial charge in [-0.2, -0.15) is 15.0 Å². The van der Waals surface area contributed by atoms with Crippen molar-refractivity contribution in [1.29, 1.82) is 0 Å². The first-order valence-corrected chi connectivity index (χ1v) is 17.0. The van der Waals surface area contributed by atoms with Crippen LogP contribution in [0.25, 0.3) is 0 Å². The van der Waals surface area contributed by atoms with E-state index in [-0.39, 0.29) is 41.7 Å². The molecule has 0 unspecified atom stereocenters. The van der Waals surface area contributed by atoms with Crippen molar-refractivity contribution in [3.63, 3.8) is 0 Å². The van der Waals surface area contributed by atoms with Crippen molar-refractivity contribution in [3.8, 4) is 5.75 Å². The highest BCUT2D eigenvalue weighted by molar-refractivity contribution is 5.96. The molecule has 15 heteroatoms. The molecule has 0 saturated carbocycles. The van der Waals surface area contributed by atoms with Gasteiger partial charge in [-0.05, 0) is 61.9 Å². The number of nitrogens with zero attached hydrogens (tertiary/aromatic N) is 3.